The number of carbonyl (C=O) groups is 2. The molecule has 31 heavy (non-hydrogen) atoms. The molecule has 7 heteroatoms. The van der Waals surface area contributed by atoms with Gasteiger partial charge in [-0.1, -0.05) is 12.1 Å². The van der Waals surface area contributed by atoms with Crippen LogP contribution in [0.4, 0.5) is 4.39 Å². The summed E-state index contributed by atoms with van der Waals surface area (Å²) in [4.78, 5) is 27.2. The summed E-state index contributed by atoms with van der Waals surface area (Å²) in [6.07, 6.45) is 0. The standard InChI is InChI=1S/C24H20FNO5/c1-14-3-12-19(31-14)21-20(22(27)16-6-10-18(30-2)11-7-16)23(28)24(29)26(21)13-15-4-8-17(25)9-5-15/h3-12,21,27H,13H2,1-2H3/b22-20-. The Morgan fingerprint density at radius 1 is 1.06 bits per heavy atom. The van der Waals surface area contributed by atoms with Gasteiger partial charge in [0, 0.05) is 12.1 Å². The fourth-order valence-electron chi connectivity index (χ4n) is 3.63. The third-order valence-corrected chi connectivity index (χ3v) is 5.20. The van der Waals surface area contributed by atoms with Crippen molar-refractivity contribution in [1.29, 1.82) is 0 Å². The topological polar surface area (TPSA) is 80.0 Å². The molecule has 0 aliphatic carbocycles. The minimum atomic E-state index is -0.916. The van der Waals surface area contributed by atoms with E-state index in [0.717, 1.165) is 0 Å². The molecule has 1 N–H and O–H groups in total. The largest absolute Gasteiger partial charge is 0.507 e. The Labute approximate surface area is 178 Å². The fraction of sp³-hybridized carbons (Fsp3) is 0.167. The van der Waals surface area contributed by atoms with Crippen LogP contribution in [0.2, 0.25) is 0 Å². The monoisotopic (exact) mass is 421 g/mol. The van der Waals surface area contributed by atoms with Crippen molar-refractivity contribution in [2.75, 3.05) is 7.11 Å². The molecule has 1 amide bonds. The lowest BCUT2D eigenvalue weighted by atomic mass is 9.99. The van der Waals surface area contributed by atoms with Crippen LogP contribution in [0, 0.1) is 12.7 Å². The summed E-state index contributed by atoms with van der Waals surface area (Å²) < 4.78 is 24.2. The average molecular weight is 421 g/mol. The van der Waals surface area contributed by atoms with Gasteiger partial charge in [-0.05, 0) is 61.0 Å². The zero-order valence-electron chi connectivity index (χ0n) is 17.0. The number of aliphatic hydroxyl groups is 1. The molecule has 0 saturated carbocycles. The Morgan fingerprint density at radius 2 is 1.74 bits per heavy atom. The van der Waals surface area contributed by atoms with Gasteiger partial charge < -0.3 is 19.2 Å². The summed E-state index contributed by atoms with van der Waals surface area (Å²) in [5.41, 5.74) is 0.946. The highest BCUT2D eigenvalue weighted by Gasteiger charge is 2.47. The summed E-state index contributed by atoms with van der Waals surface area (Å²) in [7, 11) is 1.52. The molecule has 2 heterocycles. The molecule has 0 bridgehead atoms. The molecule has 2 aromatic carbocycles. The summed E-state index contributed by atoms with van der Waals surface area (Å²) in [6.45, 7) is 1.80. The summed E-state index contributed by atoms with van der Waals surface area (Å²) in [5.74, 6) is -0.731. The van der Waals surface area contributed by atoms with Crippen LogP contribution in [0.15, 0.2) is 70.7 Å². The number of nitrogens with zero attached hydrogens (tertiary/aromatic N) is 1. The smallest absolute Gasteiger partial charge is 0.296 e. The number of ether oxygens (including phenoxy) is 1. The Hall–Kier alpha value is -3.87. The highest BCUT2D eigenvalue weighted by molar-refractivity contribution is 6.46. The number of benzene rings is 2. The quantitative estimate of drug-likeness (QED) is 0.376. The summed E-state index contributed by atoms with van der Waals surface area (Å²) >= 11 is 0. The molecular weight excluding hydrogens is 401 g/mol. The number of hydrogen-bond acceptors (Lipinski definition) is 5. The van der Waals surface area contributed by atoms with Crippen LogP contribution in [-0.2, 0) is 16.1 Å². The van der Waals surface area contributed by atoms with Gasteiger partial charge in [0.2, 0.25) is 0 Å². The molecular formula is C24H20FNO5. The molecule has 1 fully saturated rings. The van der Waals surface area contributed by atoms with Crippen LogP contribution in [-0.4, -0.2) is 28.8 Å². The van der Waals surface area contributed by atoms with E-state index in [1.807, 2.05) is 0 Å². The van der Waals surface area contributed by atoms with Crippen LogP contribution in [0.5, 0.6) is 5.75 Å². The minimum absolute atomic E-state index is 0.0503. The second-order valence-corrected chi connectivity index (χ2v) is 7.23. The number of aliphatic hydroxyl groups excluding tert-OH is 1. The van der Waals surface area contributed by atoms with Crippen molar-refractivity contribution in [3.05, 3.63) is 94.7 Å². The second-order valence-electron chi connectivity index (χ2n) is 7.23. The van der Waals surface area contributed by atoms with E-state index in [4.69, 9.17) is 9.15 Å². The average Bonchev–Trinajstić information content (AvgIpc) is 3.31. The molecule has 1 aromatic heterocycles. The van der Waals surface area contributed by atoms with Gasteiger partial charge in [-0.3, -0.25) is 9.59 Å². The first-order valence-electron chi connectivity index (χ1n) is 9.62. The zero-order valence-corrected chi connectivity index (χ0v) is 17.0. The lowest BCUT2D eigenvalue weighted by molar-refractivity contribution is -0.140. The lowest BCUT2D eigenvalue weighted by Crippen LogP contribution is -2.29. The first-order valence-corrected chi connectivity index (χ1v) is 9.62. The van der Waals surface area contributed by atoms with Crippen molar-refractivity contribution >= 4 is 17.4 Å². The Kier molecular flexibility index (Phi) is 5.33. The first kappa shape index (κ1) is 20.4. The van der Waals surface area contributed by atoms with Gasteiger partial charge in [-0.25, -0.2) is 4.39 Å². The van der Waals surface area contributed by atoms with E-state index in [2.05, 4.69) is 0 Å². The van der Waals surface area contributed by atoms with E-state index >= 15 is 0 Å². The number of hydrogen-bond donors (Lipinski definition) is 1. The van der Waals surface area contributed by atoms with E-state index in [0.29, 0.717) is 28.4 Å². The number of rotatable bonds is 5. The fourth-order valence-corrected chi connectivity index (χ4v) is 3.63. The van der Waals surface area contributed by atoms with Crippen LogP contribution < -0.4 is 4.74 Å². The molecule has 1 saturated heterocycles. The van der Waals surface area contributed by atoms with Gasteiger partial charge in [-0.2, -0.15) is 0 Å². The van der Waals surface area contributed by atoms with Crippen molar-refractivity contribution in [2.45, 2.75) is 19.5 Å². The van der Waals surface area contributed by atoms with Crippen molar-refractivity contribution in [1.82, 2.24) is 4.90 Å². The molecule has 1 aliphatic heterocycles. The number of aryl methyl sites for hydroxylation is 1. The number of halogens is 1. The van der Waals surface area contributed by atoms with E-state index in [9.17, 15) is 19.1 Å². The maximum atomic E-state index is 13.3. The number of likely N-dealkylation sites (tertiary alicyclic amines) is 1. The number of furan rings is 1. The van der Waals surface area contributed by atoms with Gasteiger partial charge in [-0.15, -0.1) is 0 Å². The molecule has 4 rings (SSSR count). The molecule has 1 atom stereocenters. The van der Waals surface area contributed by atoms with Crippen LogP contribution >= 0.6 is 0 Å². The number of Topliss-reactive ketones (excluding diaryl/α,β-unsaturated/α-hetero) is 1. The van der Waals surface area contributed by atoms with Crippen molar-refractivity contribution in [2.24, 2.45) is 0 Å². The van der Waals surface area contributed by atoms with E-state index in [-0.39, 0.29) is 17.9 Å². The third-order valence-electron chi connectivity index (χ3n) is 5.20. The Bertz CT molecular complexity index is 1160. The molecule has 158 valence electrons. The predicted molar refractivity (Wildman–Crippen MR) is 111 cm³/mol. The normalized spacial score (nSPS) is 17.9. The Balaban J connectivity index is 1.81. The minimum Gasteiger partial charge on any atom is -0.507 e. The third kappa shape index (κ3) is 3.82. The summed E-state index contributed by atoms with van der Waals surface area (Å²) in [5, 5.41) is 11.0. The number of amides is 1. The van der Waals surface area contributed by atoms with Gasteiger partial charge in [0.25, 0.3) is 11.7 Å². The molecule has 3 aromatic rings. The van der Waals surface area contributed by atoms with Gasteiger partial charge in [0.1, 0.15) is 34.9 Å². The van der Waals surface area contributed by atoms with Crippen molar-refractivity contribution < 1.29 is 28.2 Å². The highest BCUT2D eigenvalue weighted by atomic mass is 19.1. The zero-order chi connectivity index (χ0) is 22.1. The molecule has 0 radical (unpaired) electrons. The number of methoxy groups -OCH3 is 1. The van der Waals surface area contributed by atoms with E-state index in [1.54, 1.807) is 55.5 Å². The molecule has 1 unspecified atom stereocenters. The van der Waals surface area contributed by atoms with Crippen molar-refractivity contribution in [3.63, 3.8) is 0 Å². The maximum absolute atomic E-state index is 13.3. The van der Waals surface area contributed by atoms with E-state index < -0.39 is 23.5 Å². The highest BCUT2D eigenvalue weighted by Crippen LogP contribution is 2.41. The lowest BCUT2D eigenvalue weighted by Gasteiger charge is -2.23. The maximum Gasteiger partial charge on any atom is 0.296 e. The van der Waals surface area contributed by atoms with Crippen LogP contribution in [0.25, 0.3) is 5.76 Å². The van der Waals surface area contributed by atoms with Gasteiger partial charge in [0.15, 0.2) is 0 Å². The molecule has 6 nitrogen and oxygen atoms in total. The number of ketones is 1. The second kappa shape index (κ2) is 8.10. The SMILES string of the molecule is COc1ccc(/C(O)=C2/C(=O)C(=O)N(Cc3ccc(F)cc3)C2c2ccc(C)o2)cc1. The predicted octanol–water partition coefficient (Wildman–Crippen LogP) is 4.36. The summed E-state index contributed by atoms with van der Waals surface area (Å²) in [6, 6.07) is 14.6. The van der Waals surface area contributed by atoms with Crippen LogP contribution in [0.1, 0.15) is 28.7 Å². The van der Waals surface area contributed by atoms with Crippen LogP contribution in [0.3, 0.4) is 0 Å². The number of carbonyl (C=O) groups excluding carboxylic acids is 2. The Morgan fingerprint density at radius 3 is 2.32 bits per heavy atom. The molecule has 0 spiro atoms. The van der Waals surface area contributed by atoms with Gasteiger partial charge >= 0.3 is 0 Å². The van der Waals surface area contributed by atoms with E-state index in [1.165, 1.54) is 24.1 Å². The molecule has 1 aliphatic rings. The van der Waals surface area contributed by atoms with Gasteiger partial charge in [0.05, 0.1) is 12.7 Å². The van der Waals surface area contributed by atoms with Crippen molar-refractivity contribution in [3.8, 4) is 5.75 Å². The first-order chi connectivity index (χ1) is 14.9.